The van der Waals surface area contributed by atoms with Crippen molar-refractivity contribution in [2.24, 2.45) is 0 Å². The maximum atomic E-state index is 6.47. The molecule has 2 heterocycles. The number of ether oxygens (including phenoxy) is 1. The highest BCUT2D eigenvalue weighted by atomic mass is 16.5. The molecule has 0 bridgehead atoms. The summed E-state index contributed by atoms with van der Waals surface area (Å²) >= 11 is 0. The Morgan fingerprint density at radius 2 is 1.69 bits per heavy atom. The molecule has 0 N–H and O–H groups in total. The third-order valence-electron chi connectivity index (χ3n) is 7.63. The van der Waals surface area contributed by atoms with Gasteiger partial charge in [-0.3, -0.25) is 9.88 Å². The first-order chi connectivity index (χ1) is 17.5. The molecule has 1 aliphatic rings. The quantitative estimate of drug-likeness (QED) is 0.292. The van der Waals surface area contributed by atoms with Gasteiger partial charge in [0, 0.05) is 35.5 Å². The molecule has 3 aromatic rings. The Balaban J connectivity index is 1.64. The van der Waals surface area contributed by atoms with Crippen molar-refractivity contribution < 1.29 is 4.74 Å². The summed E-state index contributed by atoms with van der Waals surface area (Å²) in [7, 11) is 0. The monoisotopic (exact) mass is 484 g/mol. The number of nitrogens with zero attached hydrogens (tertiary/aromatic N) is 2. The largest absolute Gasteiger partial charge is 0.491 e. The lowest BCUT2D eigenvalue weighted by Crippen LogP contribution is -2.39. The molecule has 0 amide bonds. The van der Waals surface area contributed by atoms with Gasteiger partial charge in [-0.05, 0) is 82.5 Å². The van der Waals surface area contributed by atoms with Gasteiger partial charge in [-0.2, -0.15) is 0 Å². The number of pyridine rings is 1. The molecule has 0 aliphatic carbocycles. The van der Waals surface area contributed by atoms with Crippen LogP contribution in [0.5, 0.6) is 5.75 Å². The Morgan fingerprint density at radius 3 is 2.36 bits per heavy atom. The smallest absolute Gasteiger partial charge is 0.128 e. The number of hydrogen-bond acceptors (Lipinski definition) is 3. The molecule has 1 saturated heterocycles. The predicted octanol–water partition coefficient (Wildman–Crippen LogP) is 7.96. The van der Waals surface area contributed by atoms with E-state index in [1.165, 1.54) is 53.5 Å². The summed E-state index contributed by atoms with van der Waals surface area (Å²) in [6.07, 6.45) is 8.36. The minimum Gasteiger partial charge on any atom is -0.491 e. The van der Waals surface area contributed by atoms with Gasteiger partial charge in [0.25, 0.3) is 0 Å². The highest BCUT2D eigenvalue weighted by Gasteiger charge is 2.25. The number of likely N-dealkylation sites (tertiary alicyclic amines) is 1. The Bertz CT molecular complexity index is 1100. The van der Waals surface area contributed by atoms with E-state index in [2.05, 4.69) is 94.1 Å². The average Bonchev–Trinajstić information content (AvgIpc) is 2.89. The second-order valence-corrected chi connectivity index (χ2v) is 10.5. The Hall–Kier alpha value is -2.65. The van der Waals surface area contributed by atoms with E-state index in [0.717, 1.165) is 49.5 Å². The summed E-state index contributed by atoms with van der Waals surface area (Å²) < 4.78 is 6.47. The van der Waals surface area contributed by atoms with Crippen molar-refractivity contribution >= 4 is 0 Å². The van der Waals surface area contributed by atoms with Gasteiger partial charge in [0.15, 0.2) is 0 Å². The zero-order valence-electron chi connectivity index (χ0n) is 23.0. The Labute approximate surface area is 218 Å². The summed E-state index contributed by atoms with van der Waals surface area (Å²) in [6, 6.07) is 20.4. The van der Waals surface area contributed by atoms with Gasteiger partial charge in [0.05, 0.1) is 11.8 Å². The fraction of sp³-hybridized carbons (Fsp3) is 0.485. The number of benzene rings is 2. The number of aromatic nitrogens is 1. The van der Waals surface area contributed by atoms with Gasteiger partial charge in [-0.25, -0.2) is 0 Å². The van der Waals surface area contributed by atoms with Crippen LogP contribution in [0, 0.1) is 6.92 Å². The zero-order valence-corrected chi connectivity index (χ0v) is 23.0. The van der Waals surface area contributed by atoms with Crippen molar-refractivity contribution in [3.8, 4) is 17.0 Å². The summed E-state index contributed by atoms with van der Waals surface area (Å²) in [5, 5.41) is 0. The van der Waals surface area contributed by atoms with E-state index in [1.807, 2.05) is 0 Å². The molecule has 1 fully saturated rings. The lowest BCUT2D eigenvalue weighted by molar-refractivity contribution is 0.129. The SMILES string of the molecule is CCc1cccc(CC)c1-c1cc(OC(C)C)c(CN2CCCCC2CCc2ccccc2)c(C)n1. The first-order valence-electron chi connectivity index (χ1n) is 14.1. The Kier molecular flexibility index (Phi) is 9.20. The van der Waals surface area contributed by atoms with E-state index >= 15 is 0 Å². The molecule has 36 heavy (non-hydrogen) atoms. The highest BCUT2D eigenvalue weighted by molar-refractivity contribution is 5.70. The van der Waals surface area contributed by atoms with Gasteiger partial charge >= 0.3 is 0 Å². The summed E-state index contributed by atoms with van der Waals surface area (Å²) in [5.74, 6) is 1.01. The van der Waals surface area contributed by atoms with Crippen LogP contribution in [-0.2, 0) is 25.8 Å². The van der Waals surface area contributed by atoms with Gasteiger partial charge in [0.2, 0.25) is 0 Å². The number of piperidine rings is 1. The van der Waals surface area contributed by atoms with Gasteiger partial charge in [-0.1, -0.05) is 68.8 Å². The van der Waals surface area contributed by atoms with Crippen LogP contribution in [0.2, 0.25) is 0 Å². The lowest BCUT2D eigenvalue weighted by Gasteiger charge is -2.36. The van der Waals surface area contributed by atoms with E-state index in [-0.39, 0.29) is 6.10 Å². The Morgan fingerprint density at radius 1 is 0.972 bits per heavy atom. The van der Waals surface area contributed by atoms with Crippen molar-refractivity contribution in [2.45, 2.75) is 98.3 Å². The van der Waals surface area contributed by atoms with E-state index < -0.39 is 0 Å². The van der Waals surface area contributed by atoms with Crippen LogP contribution in [0.4, 0.5) is 0 Å². The van der Waals surface area contributed by atoms with Gasteiger partial charge in [-0.15, -0.1) is 0 Å². The van der Waals surface area contributed by atoms with Crippen molar-refractivity contribution in [1.82, 2.24) is 9.88 Å². The molecule has 3 heteroatoms. The molecular formula is C33H44N2O. The topological polar surface area (TPSA) is 25.4 Å². The normalized spacial score (nSPS) is 16.4. The lowest BCUT2D eigenvalue weighted by atomic mass is 9.93. The van der Waals surface area contributed by atoms with Crippen molar-refractivity contribution in [1.29, 1.82) is 0 Å². The predicted molar refractivity (Wildman–Crippen MR) is 152 cm³/mol. The molecule has 1 aromatic heterocycles. The van der Waals surface area contributed by atoms with Crippen molar-refractivity contribution in [2.75, 3.05) is 6.54 Å². The maximum absolute atomic E-state index is 6.47. The number of aryl methyl sites for hydroxylation is 4. The standard InChI is InChI=1S/C33H44N2O/c1-6-27-16-13-17-28(7-2)33(27)31-22-32(36-24(3)4)30(25(5)34-31)23-35-21-12-11-18-29(35)20-19-26-14-9-8-10-15-26/h8-10,13-17,22,24,29H,6-7,11-12,18-21,23H2,1-5H3. The van der Waals surface area contributed by atoms with Crippen LogP contribution in [0.1, 0.15) is 81.3 Å². The van der Waals surface area contributed by atoms with E-state index in [0.29, 0.717) is 6.04 Å². The average molecular weight is 485 g/mol. The molecule has 0 radical (unpaired) electrons. The molecule has 0 saturated carbocycles. The van der Waals surface area contributed by atoms with E-state index in [1.54, 1.807) is 0 Å². The van der Waals surface area contributed by atoms with Crippen molar-refractivity contribution in [3.05, 3.63) is 82.5 Å². The summed E-state index contributed by atoms with van der Waals surface area (Å²) in [6.45, 7) is 13.0. The van der Waals surface area contributed by atoms with Crippen LogP contribution in [0.3, 0.4) is 0 Å². The molecule has 2 aromatic carbocycles. The molecule has 1 aliphatic heterocycles. The molecule has 0 spiro atoms. The van der Waals surface area contributed by atoms with Crippen LogP contribution in [0.15, 0.2) is 54.6 Å². The number of rotatable bonds is 10. The van der Waals surface area contributed by atoms with Crippen LogP contribution < -0.4 is 4.74 Å². The molecule has 4 rings (SSSR count). The first-order valence-corrected chi connectivity index (χ1v) is 14.1. The second kappa shape index (κ2) is 12.5. The third-order valence-corrected chi connectivity index (χ3v) is 7.63. The van der Waals surface area contributed by atoms with Crippen LogP contribution in [0.25, 0.3) is 11.3 Å². The maximum Gasteiger partial charge on any atom is 0.128 e. The minimum absolute atomic E-state index is 0.126. The number of hydrogen-bond donors (Lipinski definition) is 0. The summed E-state index contributed by atoms with van der Waals surface area (Å²) in [4.78, 5) is 7.90. The second-order valence-electron chi connectivity index (χ2n) is 10.5. The van der Waals surface area contributed by atoms with Crippen LogP contribution >= 0.6 is 0 Å². The van der Waals surface area contributed by atoms with Crippen LogP contribution in [-0.4, -0.2) is 28.6 Å². The first kappa shape index (κ1) is 26.4. The summed E-state index contributed by atoms with van der Waals surface area (Å²) in [5.41, 5.74) is 8.87. The molecule has 192 valence electrons. The van der Waals surface area contributed by atoms with Gasteiger partial charge < -0.3 is 4.74 Å². The van der Waals surface area contributed by atoms with E-state index in [9.17, 15) is 0 Å². The molecule has 1 atom stereocenters. The molecular weight excluding hydrogens is 440 g/mol. The van der Waals surface area contributed by atoms with Gasteiger partial charge in [0.1, 0.15) is 5.75 Å². The molecule has 3 nitrogen and oxygen atoms in total. The van der Waals surface area contributed by atoms with E-state index in [4.69, 9.17) is 9.72 Å². The van der Waals surface area contributed by atoms with Crippen molar-refractivity contribution in [3.63, 3.8) is 0 Å². The third kappa shape index (κ3) is 6.37. The fourth-order valence-electron chi connectivity index (χ4n) is 5.70. The minimum atomic E-state index is 0.126. The molecule has 1 unspecified atom stereocenters. The highest BCUT2D eigenvalue weighted by Crippen LogP contribution is 2.35. The fourth-order valence-corrected chi connectivity index (χ4v) is 5.70. The zero-order chi connectivity index (χ0) is 25.5.